The molecule has 1 aromatic heterocycles. The van der Waals surface area contributed by atoms with E-state index in [4.69, 9.17) is 9.29 Å². The summed E-state index contributed by atoms with van der Waals surface area (Å²) in [6.07, 6.45) is 3.14. The van der Waals surface area contributed by atoms with Crippen LogP contribution in [-0.4, -0.2) is 48.8 Å². The number of morpholine rings is 1. The summed E-state index contributed by atoms with van der Waals surface area (Å²) in [7, 11) is -4.40. The van der Waals surface area contributed by atoms with Gasteiger partial charge in [-0.15, -0.1) is 0 Å². The first-order valence-corrected chi connectivity index (χ1v) is 7.72. The number of aromatic nitrogens is 1. The molecule has 1 saturated heterocycles. The highest BCUT2D eigenvalue weighted by atomic mass is 32.2. The average molecular weight is 301 g/mol. The number of nitrogens with zero attached hydrogens (tertiary/aromatic N) is 2. The van der Waals surface area contributed by atoms with Crippen LogP contribution in [0, 0.1) is 0 Å². The molecule has 1 aliphatic rings. The minimum absolute atomic E-state index is 0.276. The van der Waals surface area contributed by atoms with Crippen LogP contribution in [0.2, 0.25) is 0 Å². The number of carbonyl (C=O) groups excluding carboxylic acids is 1. The van der Waals surface area contributed by atoms with Gasteiger partial charge in [-0.05, 0) is 6.92 Å². The van der Waals surface area contributed by atoms with Crippen molar-refractivity contribution in [3.05, 3.63) is 30.6 Å². The van der Waals surface area contributed by atoms with Crippen molar-refractivity contribution < 1.29 is 27.1 Å². The molecule has 0 aliphatic carbocycles. The minimum Gasteiger partial charge on any atom is -0.370 e. The van der Waals surface area contributed by atoms with E-state index in [1.54, 1.807) is 17.0 Å². The maximum absolute atomic E-state index is 12.2. The van der Waals surface area contributed by atoms with Gasteiger partial charge in [0.1, 0.15) is 6.61 Å². The third kappa shape index (κ3) is 3.14. The molecule has 0 bridgehead atoms. The van der Waals surface area contributed by atoms with Crippen molar-refractivity contribution in [2.45, 2.75) is 18.3 Å². The molecule has 2 heterocycles. The Morgan fingerprint density at radius 2 is 2.05 bits per heavy atom. The van der Waals surface area contributed by atoms with Crippen molar-refractivity contribution >= 4 is 16.0 Å². The van der Waals surface area contributed by atoms with Gasteiger partial charge in [0.05, 0.1) is 13.2 Å². The van der Waals surface area contributed by atoms with E-state index < -0.39 is 27.4 Å². The Morgan fingerprint density at radius 3 is 2.65 bits per heavy atom. The molecular formula is C12H17N2O5S+. The van der Waals surface area contributed by atoms with Gasteiger partial charge in [0.2, 0.25) is 5.91 Å². The number of hydrogen-bond donors (Lipinski definition) is 1. The lowest BCUT2D eigenvalue weighted by Gasteiger charge is -2.32. The van der Waals surface area contributed by atoms with Crippen molar-refractivity contribution in [2.75, 3.05) is 19.8 Å². The molecule has 20 heavy (non-hydrogen) atoms. The largest absolute Gasteiger partial charge is 0.370 e. The topological polar surface area (TPSA) is 87.8 Å². The predicted molar refractivity (Wildman–Crippen MR) is 69.2 cm³/mol. The number of amides is 1. The van der Waals surface area contributed by atoms with E-state index in [1.807, 2.05) is 18.2 Å². The second-order valence-corrected chi connectivity index (χ2v) is 6.30. The van der Waals surface area contributed by atoms with E-state index >= 15 is 0 Å². The first kappa shape index (κ1) is 14.9. The van der Waals surface area contributed by atoms with Crippen LogP contribution in [0.3, 0.4) is 0 Å². The third-order valence-corrected chi connectivity index (χ3v) is 4.36. The molecule has 0 saturated carbocycles. The predicted octanol–water partition coefficient (Wildman–Crippen LogP) is -0.392. The van der Waals surface area contributed by atoms with E-state index in [0.29, 0.717) is 6.61 Å². The van der Waals surface area contributed by atoms with E-state index in [9.17, 15) is 13.2 Å². The van der Waals surface area contributed by atoms with E-state index in [-0.39, 0.29) is 13.2 Å². The minimum atomic E-state index is -4.40. The maximum atomic E-state index is 12.2. The second kappa shape index (κ2) is 5.86. The van der Waals surface area contributed by atoms with Crippen molar-refractivity contribution in [2.24, 2.45) is 0 Å². The highest BCUT2D eigenvalue weighted by Crippen LogP contribution is 2.15. The Labute approximate surface area is 117 Å². The van der Waals surface area contributed by atoms with Crippen LogP contribution in [0.15, 0.2) is 30.6 Å². The van der Waals surface area contributed by atoms with Gasteiger partial charge in [0, 0.05) is 12.1 Å². The monoisotopic (exact) mass is 301 g/mol. The van der Waals surface area contributed by atoms with Gasteiger partial charge < -0.3 is 4.74 Å². The van der Waals surface area contributed by atoms with E-state index in [2.05, 4.69) is 0 Å². The number of ether oxygens (including phenoxy) is 1. The lowest BCUT2D eigenvalue weighted by molar-refractivity contribution is -0.745. The highest BCUT2D eigenvalue weighted by molar-refractivity contribution is 7.87. The smallest absolute Gasteiger partial charge is 0.276 e. The molecule has 0 aromatic carbocycles. The number of rotatable bonds is 3. The quantitative estimate of drug-likeness (QED) is 0.607. The Kier molecular flexibility index (Phi) is 4.36. The van der Waals surface area contributed by atoms with Gasteiger partial charge in [-0.25, -0.2) is 0 Å². The van der Waals surface area contributed by atoms with E-state index in [1.165, 1.54) is 11.8 Å². The standard InChI is InChI=1S/C12H16N2O5S/c1-10(20(16,17)18)12(15)14-7-8-19-9-11(14)13-5-3-2-4-6-13/h2-6,10-11H,7-9H2,1H3/p+1. The summed E-state index contributed by atoms with van der Waals surface area (Å²) in [5, 5.41) is -1.48. The summed E-state index contributed by atoms with van der Waals surface area (Å²) in [4.78, 5) is 13.7. The maximum Gasteiger partial charge on any atom is 0.276 e. The Morgan fingerprint density at radius 1 is 1.40 bits per heavy atom. The van der Waals surface area contributed by atoms with Gasteiger partial charge in [-0.1, -0.05) is 6.07 Å². The molecule has 2 rings (SSSR count). The number of hydrogen-bond acceptors (Lipinski definition) is 4. The molecule has 1 N–H and O–H groups in total. The molecule has 1 aromatic rings. The lowest BCUT2D eigenvalue weighted by atomic mass is 10.3. The van der Waals surface area contributed by atoms with Crippen molar-refractivity contribution in [3.8, 4) is 0 Å². The number of carbonyl (C=O) groups is 1. The molecule has 7 nitrogen and oxygen atoms in total. The van der Waals surface area contributed by atoms with Crippen molar-refractivity contribution in [3.63, 3.8) is 0 Å². The van der Waals surface area contributed by atoms with Crippen LogP contribution in [0.1, 0.15) is 13.1 Å². The number of pyridine rings is 1. The van der Waals surface area contributed by atoms with Crippen LogP contribution >= 0.6 is 0 Å². The summed E-state index contributed by atoms with van der Waals surface area (Å²) in [6.45, 7) is 2.08. The zero-order chi connectivity index (χ0) is 14.8. The third-order valence-electron chi connectivity index (χ3n) is 3.26. The first-order valence-electron chi connectivity index (χ1n) is 6.21. The van der Waals surface area contributed by atoms with Crippen LogP contribution < -0.4 is 4.57 Å². The van der Waals surface area contributed by atoms with Gasteiger partial charge in [-0.3, -0.25) is 14.2 Å². The van der Waals surface area contributed by atoms with Crippen LogP contribution in [0.4, 0.5) is 0 Å². The molecule has 2 unspecified atom stereocenters. The van der Waals surface area contributed by atoms with Gasteiger partial charge >= 0.3 is 0 Å². The summed E-state index contributed by atoms with van der Waals surface area (Å²) in [5.74, 6) is -0.628. The Balaban J connectivity index is 2.26. The summed E-state index contributed by atoms with van der Waals surface area (Å²) in [5.41, 5.74) is 0. The highest BCUT2D eigenvalue weighted by Gasteiger charge is 2.39. The van der Waals surface area contributed by atoms with Gasteiger partial charge in [0.25, 0.3) is 16.3 Å². The summed E-state index contributed by atoms with van der Waals surface area (Å²) >= 11 is 0. The van der Waals surface area contributed by atoms with Crippen LogP contribution in [0.5, 0.6) is 0 Å². The zero-order valence-electron chi connectivity index (χ0n) is 11.0. The fraction of sp³-hybridized carbons (Fsp3) is 0.500. The first-order chi connectivity index (χ1) is 9.41. The molecule has 0 radical (unpaired) electrons. The average Bonchev–Trinajstić information content (AvgIpc) is 2.45. The Bertz CT molecular complexity index is 575. The molecule has 1 amide bonds. The van der Waals surface area contributed by atoms with Crippen molar-refractivity contribution in [1.29, 1.82) is 0 Å². The molecule has 110 valence electrons. The second-order valence-electron chi connectivity index (χ2n) is 4.57. The molecule has 1 aliphatic heterocycles. The molecule has 0 spiro atoms. The lowest BCUT2D eigenvalue weighted by Crippen LogP contribution is -2.59. The summed E-state index contributed by atoms with van der Waals surface area (Å²) < 4.78 is 38.4. The van der Waals surface area contributed by atoms with Crippen LogP contribution in [0.25, 0.3) is 0 Å². The molecular weight excluding hydrogens is 284 g/mol. The van der Waals surface area contributed by atoms with Crippen LogP contribution in [-0.2, 0) is 19.6 Å². The zero-order valence-corrected chi connectivity index (χ0v) is 11.9. The van der Waals surface area contributed by atoms with E-state index in [0.717, 1.165) is 0 Å². The van der Waals surface area contributed by atoms with Gasteiger partial charge in [-0.2, -0.15) is 13.0 Å². The normalized spacial score (nSPS) is 21.5. The molecule has 1 fully saturated rings. The SMILES string of the molecule is CC(C(=O)N1CCOCC1[n+]1ccccc1)S(=O)(=O)O. The molecule has 2 atom stereocenters. The van der Waals surface area contributed by atoms with Crippen molar-refractivity contribution in [1.82, 2.24) is 4.90 Å². The fourth-order valence-corrected chi connectivity index (χ4v) is 2.46. The molecule has 8 heteroatoms. The Hall–Kier alpha value is -1.51. The fourth-order valence-electron chi connectivity index (χ4n) is 2.07. The van der Waals surface area contributed by atoms with Gasteiger partial charge in [0.15, 0.2) is 17.6 Å². The summed E-state index contributed by atoms with van der Waals surface area (Å²) in [6, 6.07) is 5.46.